The molecule has 2 aromatic carbocycles. The van der Waals surface area contributed by atoms with E-state index >= 15 is 0 Å². The summed E-state index contributed by atoms with van der Waals surface area (Å²) in [6.07, 6.45) is 1.20. The van der Waals surface area contributed by atoms with Gasteiger partial charge in [-0.25, -0.2) is 8.42 Å². The normalized spacial score (nSPS) is 17.3. The molecule has 1 atom stereocenters. The first-order chi connectivity index (χ1) is 14.4. The van der Waals surface area contributed by atoms with Crippen molar-refractivity contribution in [1.29, 1.82) is 0 Å². The van der Waals surface area contributed by atoms with Crippen molar-refractivity contribution in [3.8, 4) is 0 Å². The second-order valence-corrected chi connectivity index (χ2v) is 9.41. The molecule has 1 fully saturated rings. The van der Waals surface area contributed by atoms with E-state index in [0.29, 0.717) is 25.9 Å². The molecule has 1 N–H and O–H groups in total. The van der Waals surface area contributed by atoms with Gasteiger partial charge in [0.1, 0.15) is 0 Å². The highest BCUT2D eigenvalue weighted by Gasteiger charge is 2.33. The first-order valence-corrected chi connectivity index (χ1v) is 11.4. The molecule has 0 saturated carbocycles. The Kier molecular flexibility index (Phi) is 7.23. The number of amides is 2. The highest BCUT2D eigenvalue weighted by atomic mass is 32.2. The van der Waals surface area contributed by atoms with Crippen LogP contribution in [0.4, 0.5) is 0 Å². The average Bonchev–Trinajstić information content (AvgIpc) is 2.78. The minimum atomic E-state index is -3.63. The van der Waals surface area contributed by atoms with Crippen LogP contribution < -0.4 is 5.32 Å². The molecular formula is C22H27N3O4S. The van der Waals surface area contributed by atoms with Crippen LogP contribution in [0.2, 0.25) is 0 Å². The van der Waals surface area contributed by atoms with Gasteiger partial charge in [0, 0.05) is 26.7 Å². The van der Waals surface area contributed by atoms with E-state index in [-0.39, 0.29) is 29.8 Å². The van der Waals surface area contributed by atoms with Gasteiger partial charge < -0.3 is 10.2 Å². The molecule has 8 heteroatoms. The summed E-state index contributed by atoms with van der Waals surface area (Å²) in [6, 6.07) is 17.8. The Labute approximate surface area is 177 Å². The number of piperidine rings is 1. The number of hydrogen-bond donors (Lipinski definition) is 1. The Morgan fingerprint density at radius 2 is 1.70 bits per heavy atom. The van der Waals surface area contributed by atoms with Crippen LogP contribution in [0, 0.1) is 5.92 Å². The van der Waals surface area contributed by atoms with Gasteiger partial charge >= 0.3 is 0 Å². The van der Waals surface area contributed by atoms with Gasteiger partial charge in [0.25, 0.3) is 0 Å². The summed E-state index contributed by atoms with van der Waals surface area (Å²) in [4.78, 5) is 26.7. The van der Waals surface area contributed by atoms with E-state index in [2.05, 4.69) is 5.32 Å². The predicted octanol–water partition coefficient (Wildman–Crippen LogP) is 1.86. The lowest BCUT2D eigenvalue weighted by Crippen LogP contribution is -2.47. The van der Waals surface area contributed by atoms with Crippen molar-refractivity contribution in [2.24, 2.45) is 5.92 Å². The molecule has 0 radical (unpaired) electrons. The maximum Gasteiger partial charge on any atom is 0.243 e. The van der Waals surface area contributed by atoms with Gasteiger partial charge in [-0.05, 0) is 30.5 Å². The van der Waals surface area contributed by atoms with Gasteiger partial charge in [0.2, 0.25) is 21.8 Å². The third kappa shape index (κ3) is 5.46. The van der Waals surface area contributed by atoms with Crippen LogP contribution in [0.3, 0.4) is 0 Å². The van der Waals surface area contributed by atoms with Crippen LogP contribution in [0.15, 0.2) is 65.6 Å². The van der Waals surface area contributed by atoms with Gasteiger partial charge in [-0.3, -0.25) is 9.59 Å². The number of hydrogen-bond acceptors (Lipinski definition) is 4. The largest absolute Gasteiger partial charge is 0.347 e. The van der Waals surface area contributed by atoms with E-state index < -0.39 is 15.9 Å². The van der Waals surface area contributed by atoms with E-state index in [1.165, 1.54) is 4.31 Å². The van der Waals surface area contributed by atoms with Crippen molar-refractivity contribution < 1.29 is 18.0 Å². The van der Waals surface area contributed by atoms with Crippen molar-refractivity contribution in [2.45, 2.75) is 24.3 Å². The maximum absolute atomic E-state index is 12.8. The molecule has 0 bridgehead atoms. The van der Waals surface area contributed by atoms with Crippen LogP contribution in [0.25, 0.3) is 0 Å². The number of likely N-dealkylation sites (N-methyl/N-ethyl adjacent to an activating group) is 1. The van der Waals surface area contributed by atoms with Gasteiger partial charge in [-0.1, -0.05) is 48.5 Å². The standard InChI is InChI=1S/C22H27N3O4S/c1-24(16-18-9-4-2-5-10-18)21(26)15-23-22(27)19-11-8-14-25(17-19)30(28,29)20-12-6-3-7-13-20/h2-7,9-10,12-13,19H,8,11,14-17H2,1H3,(H,23,27). The summed E-state index contributed by atoms with van der Waals surface area (Å²) in [5.74, 6) is -0.953. The summed E-state index contributed by atoms with van der Waals surface area (Å²) in [6.45, 7) is 0.864. The first-order valence-electron chi connectivity index (χ1n) is 9.98. The second kappa shape index (κ2) is 9.86. The summed E-state index contributed by atoms with van der Waals surface area (Å²) >= 11 is 0. The van der Waals surface area contributed by atoms with Crippen LogP contribution >= 0.6 is 0 Å². The Morgan fingerprint density at radius 1 is 1.07 bits per heavy atom. The quantitative estimate of drug-likeness (QED) is 0.728. The lowest BCUT2D eigenvalue weighted by Gasteiger charge is -2.31. The Bertz CT molecular complexity index is 964. The maximum atomic E-state index is 12.8. The number of sulfonamides is 1. The fourth-order valence-corrected chi connectivity index (χ4v) is 5.05. The zero-order chi connectivity index (χ0) is 21.6. The molecule has 0 aliphatic carbocycles. The predicted molar refractivity (Wildman–Crippen MR) is 114 cm³/mol. The van der Waals surface area contributed by atoms with E-state index in [1.807, 2.05) is 30.3 Å². The SMILES string of the molecule is CN(Cc1ccccc1)C(=O)CNC(=O)C1CCCN(S(=O)(=O)c2ccccc2)C1. The van der Waals surface area contributed by atoms with Crippen molar-refractivity contribution in [3.63, 3.8) is 0 Å². The lowest BCUT2D eigenvalue weighted by atomic mass is 9.99. The summed E-state index contributed by atoms with van der Waals surface area (Å²) in [7, 11) is -1.94. The number of carbonyl (C=O) groups excluding carboxylic acids is 2. The van der Waals surface area contributed by atoms with Gasteiger partial charge in [0.05, 0.1) is 17.4 Å². The summed E-state index contributed by atoms with van der Waals surface area (Å²) < 4.78 is 27.0. The number of rotatable bonds is 7. The van der Waals surface area contributed by atoms with Gasteiger partial charge in [0.15, 0.2) is 0 Å². The molecular weight excluding hydrogens is 402 g/mol. The number of carbonyl (C=O) groups is 2. The molecule has 1 unspecified atom stereocenters. The molecule has 3 rings (SSSR count). The summed E-state index contributed by atoms with van der Waals surface area (Å²) in [5, 5.41) is 2.68. The molecule has 2 amide bonds. The van der Waals surface area contributed by atoms with E-state index in [4.69, 9.17) is 0 Å². The van der Waals surface area contributed by atoms with Crippen LogP contribution in [0.5, 0.6) is 0 Å². The van der Waals surface area contributed by atoms with Gasteiger partial charge in [-0.15, -0.1) is 0 Å². The molecule has 1 saturated heterocycles. The Hall–Kier alpha value is -2.71. The fourth-order valence-electron chi connectivity index (χ4n) is 3.50. The molecule has 1 heterocycles. The van der Waals surface area contributed by atoms with E-state index in [1.54, 1.807) is 42.3 Å². The smallest absolute Gasteiger partial charge is 0.243 e. The lowest BCUT2D eigenvalue weighted by molar-refractivity contribution is -0.133. The molecule has 1 aliphatic heterocycles. The highest BCUT2D eigenvalue weighted by Crippen LogP contribution is 2.23. The fraction of sp³-hybridized carbons (Fsp3) is 0.364. The van der Waals surface area contributed by atoms with Crippen molar-refractivity contribution >= 4 is 21.8 Å². The van der Waals surface area contributed by atoms with Crippen LogP contribution in [-0.2, 0) is 26.2 Å². The molecule has 0 spiro atoms. The molecule has 1 aliphatic rings. The molecule has 2 aromatic rings. The zero-order valence-corrected chi connectivity index (χ0v) is 17.8. The third-order valence-corrected chi connectivity index (χ3v) is 7.12. The van der Waals surface area contributed by atoms with E-state index in [9.17, 15) is 18.0 Å². The second-order valence-electron chi connectivity index (χ2n) is 7.47. The number of nitrogens with one attached hydrogen (secondary N) is 1. The van der Waals surface area contributed by atoms with Crippen LogP contribution in [-0.4, -0.2) is 56.1 Å². The molecule has 160 valence electrons. The average molecular weight is 430 g/mol. The summed E-state index contributed by atoms with van der Waals surface area (Å²) in [5.41, 5.74) is 1.01. The zero-order valence-electron chi connectivity index (χ0n) is 17.0. The number of nitrogens with zero attached hydrogens (tertiary/aromatic N) is 2. The van der Waals surface area contributed by atoms with Gasteiger partial charge in [-0.2, -0.15) is 4.31 Å². The number of benzene rings is 2. The monoisotopic (exact) mass is 429 g/mol. The Balaban J connectivity index is 1.53. The molecule has 30 heavy (non-hydrogen) atoms. The van der Waals surface area contributed by atoms with Crippen LogP contribution in [0.1, 0.15) is 18.4 Å². The highest BCUT2D eigenvalue weighted by molar-refractivity contribution is 7.89. The minimum Gasteiger partial charge on any atom is -0.347 e. The van der Waals surface area contributed by atoms with Crippen molar-refractivity contribution in [1.82, 2.24) is 14.5 Å². The van der Waals surface area contributed by atoms with Crippen molar-refractivity contribution in [3.05, 3.63) is 66.2 Å². The molecule has 7 nitrogen and oxygen atoms in total. The third-order valence-electron chi connectivity index (χ3n) is 5.24. The minimum absolute atomic E-state index is 0.107. The first kappa shape index (κ1) is 22.0. The topological polar surface area (TPSA) is 86.8 Å². The Morgan fingerprint density at radius 3 is 2.37 bits per heavy atom. The van der Waals surface area contributed by atoms with Crippen molar-refractivity contribution in [2.75, 3.05) is 26.7 Å². The van der Waals surface area contributed by atoms with E-state index in [0.717, 1.165) is 5.56 Å². The molecule has 0 aromatic heterocycles.